The topological polar surface area (TPSA) is 37.0 Å². The van der Waals surface area contributed by atoms with Gasteiger partial charge in [0.1, 0.15) is 5.82 Å². The lowest BCUT2D eigenvalue weighted by atomic mass is 10.2. The maximum atomic E-state index is 4.37. The number of nitrogens with one attached hydrogen (secondary N) is 2. The van der Waals surface area contributed by atoms with Crippen LogP contribution in [0.2, 0.25) is 0 Å². The Hall–Kier alpha value is -1.13. The van der Waals surface area contributed by atoms with Gasteiger partial charge in [0.25, 0.3) is 0 Å². The molecule has 1 heterocycles. The van der Waals surface area contributed by atoms with Crippen molar-refractivity contribution >= 4 is 27.4 Å². The van der Waals surface area contributed by atoms with E-state index in [1.54, 1.807) is 0 Å². The van der Waals surface area contributed by atoms with Gasteiger partial charge < -0.3 is 10.6 Å². The van der Waals surface area contributed by atoms with Crippen molar-refractivity contribution in [3.8, 4) is 0 Å². The van der Waals surface area contributed by atoms with E-state index >= 15 is 0 Å². The molecule has 0 saturated carbocycles. The van der Waals surface area contributed by atoms with Gasteiger partial charge in [-0.2, -0.15) is 4.37 Å². The number of benzene rings is 1. The van der Waals surface area contributed by atoms with Crippen LogP contribution in [0.5, 0.6) is 0 Å². The van der Waals surface area contributed by atoms with Crippen molar-refractivity contribution in [3.05, 3.63) is 24.3 Å². The third-order valence-corrected chi connectivity index (χ3v) is 2.87. The van der Waals surface area contributed by atoms with E-state index in [4.69, 9.17) is 0 Å². The third kappa shape index (κ3) is 1.86. The van der Waals surface area contributed by atoms with Crippen molar-refractivity contribution in [1.29, 1.82) is 0 Å². The predicted molar refractivity (Wildman–Crippen MR) is 62.0 cm³/mol. The molecule has 2 aromatic rings. The van der Waals surface area contributed by atoms with Crippen LogP contribution < -0.4 is 10.6 Å². The SMILES string of the molecule is CNCCNc1nsc2ccccc12. The highest BCUT2D eigenvalue weighted by molar-refractivity contribution is 7.13. The van der Waals surface area contributed by atoms with Crippen LogP contribution in [0.25, 0.3) is 10.1 Å². The summed E-state index contributed by atoms with van der Waals surface area (Å²) in [6.07, 6.45) is 0. The number of anilines is 1. The monoisotopic (exact) mass is 207 g/mol. The van der Waals surface area contributed by atoms with Crippen molar-refractivity contribution in [1.82, 2.24) is 9.69 Å². The van der Waals surface area contributed by atoms with Crippen LogP contribution in [0.4, 0.5) is 5.82 Å². The smallest absolute Gasteiger partial charge is 0.147 e. The van der Waals surface area contributed by atoms with E-state index in [2.05, 4.69) is 27.1 Å². The second-order valence-electron chi connectivity index (χ2n) is 3.06. The van der Waals surface area contributed by atoms with Crippen LogP contribution >= 0.6 is 11.5 Å². The van der Waals surface area contributed by atoms with E-state index < -0.39 is 0 Å². The van der Waals surface area contributed by atoms with Crippen LogP contribution in [0.15, 0.2) is 24.3 Å². The van der Waals surface area contributed by atoms with Crippen molar-refractivity contribution in [2.24, 2.45) is 0 Å². The number of aromatic nitrogens is 1. The maximum absolute atomic E-state index is 4.37. The molecule has 0 amide bonds. The number of fused-ring (bicyclic) bond motifs is 1. The zero-order valence-electron chi connectivity index (χ0n) is 8.08. The maximum Gasteiger partial charge on any atom is 0.147 e. The molecule has 3 nitrogen and oxygen atoms in total. The molecule has 4 heteroatoms. The average Bonchev–Trinajstić information content (AvgIpc) is 2.63. The van der Waals surface area contributed by atoms with Gasteiger partial charge in [-0.15, -0.1) is 0 Å². The second kappa shape index (κ2) is 4.39. The highest BCUT2D eigenvalue weighted by atomic mass is 32.1. The standard InChI is InChI=1S/C10H13N3S/c1-11-6-7-12-10-8-4-2-3-5-9(8)14-13-10/h2-5,11H,6-7H2,1H3,(H,12,13). The van der Waals surface area contributed by atoms with Gasteiger partial charge in [0.05, 0.1) is 4.70 Å². The van der Waals surface area contributed by atoms with E-state index in [0.29, 0.717) is 0 Å². The van der Waals surface area contributed by atoms with Crippen molar-refractivity contribution in [3.63, 3.8) is 0 Å². The first-order valence-corrected chi connectivity index (χ1v) is 5.42. The normalized spacial score (nSPS) is 10.6. The molecular formula is C10H13N3S. The van der Waals surface area contributed by atoms with Gasteiger partial charge in [-0.05, 0) is 30.7 Å². The van der Waals surface area contributed by atoms with E-state index in [1.807, 2.05) is 19.2 Å². The van der Waals surface area contributed by atoms with Gasteiger partial charge in [-0.1, -0.05) is 12.1 Å². The highest BCUT2D eigenvalue weighted by Crippen LogP contribution is 2.25. The lowest BCUT2D eigenvalue weighted by Gasteiger charge is -2.01. The Balaban J connectivity index is 2.17. The molecule has 2 N–H and O–H groups in total. The zero-order chi connectivity index (χ0) is 9.80. The molecule has 0 saturated heterocycles. The molecular weight excluding hydrogens is 194 g/mol. The summed E-state index contributed by atoms with van der Waals surface area (Å²) in [5.41, 5.74) is 0. The Kier molecular flexibility index (Phi) is 2.96. The largest absolute Gasteiger partial charge is 0.367 e. The minimum absolute atomic E-state index is 0.907. The molecule has 0 atom stereocenters. The Bertz CT molecular complexity index is 410. The van der Waals surface area contributed by atoms with Gasteiger partial charge >= 0.3 is 0 Å². The molecule has 2 rings (SSSR count). The molecule has 1 aromatic carbocycles. The molecule has 0 aliphatic carbocycles. The van der Waals surface area contributed by atoms with Crippen molar-refractivity contribution < 1.29 is 0 Å². The summed E-state index contributed by atoms with van der Waals surface area (Å²) in [4.78, 5) is 0. The summed E-state index contributed by atoms with van der Waals surface area (Å²) in [6, 6.07) is 8.27. The van der Waals surface area contributed by atoms with E-state index in [9.17, 15) is 0 Å². The zero-order valence-corrected chi connectivity index (χ0v) is 8.90. The molecule has 14 heavy (non-hydrogen) atoms. The van der Waals surface area contributed by atoms with Crippen molar-refractivity contribution in [2.45, 2.75) is 0 Å². The molecule has 0 aliphatic heterocycles. The summed E-state index contributed by atoms with van der Waals surface area (Å²) < 4.78 is 5.61. The van der Waals surface area contributed by atoms with E-state index in [1.165, 1.54) is 21.6 Å². The van der Waals surface area contributed by atoms with Crippen LogP contribution in [0.3, 0.4) is 0 Å². The summed E-state index contributed by atoms with van der Waals surface area (Å²) in [7, 11) is 1.95. The first-order chi connectivity index (χ1) is 6.92. The van der Waals surface area contributed by atoms with Crippen LogP contribution in [-0.2, 0) is 0 Å². The highest BCUT2D eigenvalue weighted by Gasteiger charge is 2.02. The van der Waals surface area contributed by atoms with Gasteiger partial charge in [0, 0.05) is 18.5 Å². The molecule has 0 unspecified atom stereocenters. The molecule has 0 aliphatic rings. The number of likely N-dealkylation sites (N-methyl/N-ethyl adjacent to an activating group) is 1. The van der Waals surface area contributed by atoms with E-state index in [-0.39, 0.29) is 0 Å². The average molecular weight is 207 g/mol. The van der Waals surface area contributed by atoms with Crippen LogP contribution in [-0.4, -0.2) is 24.5 Å². The minimum Gasteiger partial charge on any atom is -0.367 e. The Morgan fingerprint density at radius 3 is 3.00 bits per heavy atom. The first-order valence-electron chi connectivity index (χ1n) is 4.64. The van der Waals surface area contributed by atoms with Gasteiger partial charge in [-0.3, -0.25) is 0 Å². The van der Waals surface area contributed by atoms with Gasteiger partial charge in [-0.25, -0.2) is 0 Å². The lowest BCUT2D eigenvalue weighted by molar-refractivity contribution is 0.823. The predicted octanol–water partition coefficient (Wildman–Crippen LogP) is 1.93. The lowest BCUT2D eigenvalue weighted by Crippen LogP contribution is -2.17. The third-order valence-electron chi connectivity index (χ3n) is 2.04. The fourth-order valence-corrected chi connectivity index (χ4v) is 2.07. The summed E-state index contributed by atoms with van der Waals surface area (Å²) in [5, 5.41) is 7.61. The van der Waals surface area contributed by atoms with Crippen molar-refractivity contribution in [2.75, 3.05) is 25.5 Å². The molecule has 74 valence electrons. The van der Waals surface area contributed by atoms with Gasteiger partial charge in [0.2, 0.25) is 0 Å². The first kappa shape index (κ1) is 9.43. The number of rotatable bonds is 4. The fraction of sp³-hybridized carbons (Fsp3) is 0.300. The van der Waals surface area contributed by atoms with Crippen LogP contribution in [0, 0.1) is 0 Å². The summed E-state index contributed by atoms with van der Waals surface area (Å²) in [6.45, 7) is 1.86. The minimum atomic E-state index is 0.907. The van der Waals surface area contributed by atoms with Crippen LogP contribution in [0.1, 0.15) is 0 Å². The number of hydrogen-bond donors (Lipinski definition) is 2. The summed E-state index contributed by atoms with van der Waals surface area (Å²) >= 11 is 1.54. The fourth-order valence-electron chi connectivity index (χ4n) is 1.32. The molecule has 0 spiro atoms. The molecule has 0 fully saturated rings. The number of hydrogen-bond acceptors (Lipinski definition) is 4. The second-order valence-corrected chi connectivity index (χ2v) is 3.86. The quantitative estimate of drug-likeness (QED) is 0.752. The molecule has 0 bridgehead atoms. The molecule has 1 aromatic heterocycles. The Morgan fingerprint density at radius 1 is 1.29 bits per heavy atom. The molecule has 0 radical (unpaired) electrons. The summed E-state index contributed by atoms with van der Waals surface area (Å²) in [5.74, 6) is 1.00. The Morgan fingerprint density at radius 2 is 2.14 bits per heavy atom. The number of nitrogens with zero attached hydrogens (tertiary/aromatic N) is 1. The Labute approximate surface area is 87.3 Å². The van der Waals surface area contributed by atoms with Gasteiger partial charge in [0.15, 0.2) is 0 Å². The van der Waals surface area contributed by atoms with E-state index in [0.717, 1.165) is 18.9 Å².